The van der Waals surface area contributed by atoms with Crippen molar-refractivity contribution in [2.75, 3.05) is 13.2 Å². The summed E-state index contributed by atoms with van der Waals surface area (Å²) in [5.41, 5.74) is 0.178. The van der Waals surface area contributed by atoms with E-state index in [1.54, 1.807) is 6.92 Å². The van der Waals surface area contributed by atoms with Crippen molar-refractivity contribution in [1.82, 2.24) is 5.32 Å². The van der Waals surface area contributed by atoms with Gasteiger partial charge < -0.3 is 10.1 Å². The van der Waals surface area contributed by atoms with Crippen LogP contribution in [0.4, 0.5) is 4.39 Å². The van der Waals surface area contributed by atoms with E-state index in [0.29, 0.717) is 19.6 Å². The van der Waals surface area contributed by atoms with Crippen LogP contribution in [0.3, 0.4) is 0 Å². The Hall–Kier alpha value is -1.62. The molecule has 1 rings (SSSR count). The third kappa shape index (κ3) is 5.57. The zero-order chi connectivity index (χ0) is 15.0. The van der Waals surface area contributed by atoms with Crippen LogP contribution in [-0.4, -0.2) is 25.0 Å². The standard InChI is InChI=1S/C14H17ClFNO3/c1-2-20-14(19)7-4-8-17-13(18)9-10-11(15)5-3-6-12(10)16/h3,5-6H,2,4,7-9H2,1H3,(H,17,18). The van der Waals surface area contributed by atoms with Crippen LogP contribution in [-0.2, 0) is 20.7 Å². The topological polar surface area (TPSA) is 55.4 Å². The Kier molecular flexibility index (Phi) is 7.01. The summed E-state index contributed by atoms with van der Waals surface area (Å²) < 4.78 is 18.2. The van der Waals surface area contributed by atoms with Crippen molar-refractivity contribution >= 4 is 23.5 Å². The number of hydrogen-bond acceptors (Lipinski definition) is 3. The molecule has 0 aliphatic heterocycles. The first-order chi connectivity index (χ1) is 9.54. The smallest absolute Gasteiger partial charge is 0.305 e. The number of benzene rings is 1. The van der Waals surface area contributed by atoms with E-state index < -0.39 is 5.82 Å². The fraction of sp³-hybridized carbons (Fsp3) is 0.429. The molecule has 1 aromatic rings. The molecule has 0 atom stereocenters. The summed E-state index contributed by atoms with van der Waals surface area (Å²) in [5, 5.41) is 2.84. The van der Waals surface area contributed by atoms with E-state index in [2.05, 4.69) is 5.32 Å². The molecule has 110 valence electrons. The van der Waals surface area contributed by atoms with Gasteiger partial charge in [0.2, 0.25) is 5.91 Å². The average molecular weight is 302 g/mol. The van der Waals surface area contributed by atoms with Gasteiger partial charge in [0.15, 0.2) is 0 Å². The highest BCUT2D eigenvalue weighted by atomic mass is 35.5. The second-order valence-electron chi connectivity index (χ2n) is 4.14. The molecule has 1 N–H and O–H groups in total. The molecule has 0 aliphatic carbocycles. The number of carbonyl (C=O) groups is 2. The zero-order valence-corrected chi connectivity index (χ0v) is 12.0. The Morgan fingerprint density at radius 1 is 1.40 bits per heavy atom. The molecule has 0 bridgehead atoms. The van der Waals surface area contributed by atoms with Crippen LogP contribution in [0, 0.1) is 5.82 Å². The monoisotopic (exact) mass is 301 g/mol. The maximum Gasteiger partial charge on any atom is 0.305 e. The molecule has 0 saturated heterocycles. The SMILES string of the molecule is CCOC(=O)CCCNC(=O)Cc1c(F)cccc1Cl. The molecule has 0 aliphatic rings. The van der Waals surface area contributed by atoms with Crippen molar-refractivity contribution in [3.63, 3.8) is 0 Å². The molecule has 0 unspecified atom stereocenters. The average Bonchev–Trinajstić information content (AvgIpc) is 2.39. The van der Waals surface area contributed by atoms with E-state index in [9.17, 15) is 14.0 Å². The normalized spacial score (nSPS) is 10.2. The molecule has 0 fully saturated rings. The first-order valence-corrected chi connectivity index (χ1v) is 6.77. The summed E-state index contributed by atoms with van der Waals surface area (Å²) in [5.74, 6) is -1.13. The molecular formula is C14H17ClFNO3. The van der Waals surface area contributed by atoms with Gasteiger partial charge in [0.05, 0.1) is 13.0 Å². The fourth-order valence-electron chi connectivity index (χ4n) is 1.62. The number of esters is 1. The van der Waals surface area contributed by atoms with Gasteiger partial charge in [-0.25, -0.2) is 4.39 Å². The Morgan fingerprint density at radius 3 is 2.80 bits per heavy atom. The number of amides is 1. The lowest BCUT2D eigenvalue weighted by molar-refractivity contribution is -0.143. The first kappa shape index (κ1) is 16.4. The minimum atomic E-state index is -0.501. The van der Waals surface area contributed by atoms with Crippen molar-refractivity contribution in [3.05, 3.63) is 34.6 Å². The Balaban J connectivity index is 2.32. The lowest BCUT2D eigenvalue weighted by Gasteiger charge is -2.07. The second kappa shape index (κ2) is 8.53. The van der Waals surface area contributed by atoms with E-state index in [4.69, 9.17) is 16.3 Å². The number of carbonyl (C=O) groups excluding carboxylic acids is 2. The molecular weight excluding hydrogens is 285 g/mol. The molecule has 0 radical (unpaired) electrons. The summed E-state index contributed by atoms with van der Waals surface area (Å²) in [7, 11) is 0. The highest BCUT2D eigenvalue weighted by Crippen LogP contribution is 2.19. The van der Waals surface area contributed by atoms with E-state index >= 15 is 0 Å². The maximum absolute atomic E-state index is 13.5. The molecule has 6 heteroatoms. The number of hydrogen-bond donors (Lipinski definition) is 1. The number of ether oxygens (including phenoxy) is 1. The van der Waals surface area contributed by atoms with Gasteiger partial charge in [0, 0.05) is 23.6 Å². The van der Waals surface area contributed by atoms with Crippen LogP contribution in [0.15, 0.2) is 18.2 Å². The van der Waals surface area contributed by atoms with E-state index in [-0.39, 0.29) is 35.3 Å². The van der Waals surface area contributed by atoms with Crippen molar-refractivity contribution in [3.8, 4) is 0 Å². The van der Waals surface area contributed by atoms with Gasteiger partial charge in [-0.2, -0.15) is 0 Å². The molecule has 1 amide bonds. The van der Waals surface area contributed by atoms with Gasteiger partial charge in [0.1, 0.15) is 5.82 Å². The summed E-state index contributed by atoms with van der Waals surface area (Å²) in [6.45, 7) is 2.42. The molecule has 4 nitrogen and oxygen atoms in total. The minimum Gasteiger partial charge on any atom is -0.466 e. The van der Waals surface area contributed by atoms with Crippen molar-refractivity contribution in [2.45, 2.75) is 26.2 Å². The second-order valence-corrected chi connectivity index (χ2v) is 4.54. The summed E-state index contributed by atoms with van der Waals surface area (Å²) >= 11 is 5.83. The van der Waals surface area contributed by atoms with Gasteiger partial charge >= 0.3 is 5.97 Å². The van der Waals surface area contributed by atoms with Crippen molar-refractivity contribution < 1.29 is 18.7 Å². The first-order valence-electron chi connectivity index (χ1n) is 6.39. The molecule has 0 spiro atoms. The Morgan fingerprint density at radius 2 is 2.15 bits per heavy atom. The van der Waals surface area contributed by atoms with Crippen molar-refractivity contribution in [2.24, 2.45) is 0 Å². The summed E-state index contributed by atoms with van der Waals surface area (Å²) in [6, 6.07) is 4.28. The number of nitrogens with one attached hydrogen (secondary N) is 1. The molecule has 0 saturated carbocycles. The lowest BCUT2D eigenvalue weighted by atomic mass is 10.1. The van der Waals surface area contributed by atoms with E-state index in [1.807, 2.05) is 0 Å². The summed E-state index contributed by atoms with van der Waals surface area (Å²) in [4.78, 5) is 22.7. The third-order valence-corrected chi connectivity index (χ3v) is 2.94. The predicted octanol–water partition coefficient (Wildman–Crippen LogP) is 2.48. The lowest BCUT2D eigenvalue weighted by Crippen LogP contribution is -2.27. The fourth-order valence-corrected chi connectivity index (χ4v) is 1.85. The van der Waals surface area contributed by atoms with Crippen LogP contribution < -0.4 is 5.32 Å². The highest BCUT2D eigenvalue weighted by Gasteiger charge is 2.11. The van der Waals surface area contributed by atoms with Crippen LogP contribution in [0.2, 0.25) is 5.02 Å². The van der Waals surface area contributed by atoms with E-state index in [1.165, 1.54) is 18.2 Å². The van der Waals surface area contributed by atoms with Gasteiger partial charge in [-0.3, -0.25) is 9.59 Å². The summed E-state index contributed by atoms with van der Waals surface area (Å²) in [6.07, 6.45) is 0.606. The highest BCUT2D eigenvalue weighted by molar-refractivity contribution is 6.31. The molecule has 1 aromatic carbocycles. The van der Waals surface area contributed by atoms with Gasteiger partial charge in [-0.05, 0) is 25.5 Å². The van der Waals surface area contributed by atoms with Gasteiger partial charge in [-0.1, -0.05) is 17.7 Å². The molecule has 0 heterocycles. The van der Waals surface area contributed by atoms with Crippen LogP contribution in [0.5, 0.6) is 0 Å². The maximum atomic E-state index is 13.5. The van der Waals surface area contributed by atoms with Gasteiger partial charge in [-0.15, -0.1) is 0 Å². The zero-order valence-electron chi connectivity index (χ0n) is 11.2. The minimum absolute atomic E-state index is 0.120. The number of rotatable bonds is 7. The number of halogens is 2. The largest absolute Gasteiger partial charge is 0.466 e. The predicted molar refractivity (Wildman–Crippen MR) is 74.0 cm³/mol. The van der Waals surface area contributed by atoms with Gasteiger partial charge in [0.25, 0.3) is 0 Å². The van der Waals surface area contributed by atoms with Crippen LogP contribution in [0.25, 0.3) is 0 Å². The Bertz CT molecular complexity index is 459. The quantitative estimate of drug-likeness (QED) is 0.622. The van der Waals surface area contributed by atoms with Crippen LogP contribution in [0.1, 0.15) is 25.3 Å². The molecule has 0 aromatic heterocycles. The third-order valence-electron chi connectivity index (χ3n) is 2.58. The Labute approximate surface area is 122 Å². The van der Waals surface area contributed by atoms with Crippen LogP contribution >= 0.6 is 11.6 Å². The van der Waals surface area contributed by atoms with Crippen molar-refractivity contribution in [1.29, 1.82) is 0 Å². The van der Waals surface area contributed by atoms with E-state index in [0.717, 1.165) is 0 Å². The molecule has 20 heavy (non-hydrogen) atoms.